The number of hydrogen-bond donors (Lipinski definition) is 1. The van der Waals surface area contributed by atoms with Crippen molar-refractivity contribution in [2.24, 2.45) is 11.7 Å². The maximum atomic E-state index is 5.77. The number of rotatable bonds is 3. The fraction of sp³-hybridized carbons (Fsp3) is 0.615. The van der Waals surface area contributed by atoms with Gasteiger partial charge < -0.3 is 15.5 Å². The van der Waals surface area contributed by atoms with Gasteiger partial charge in [0.1, 0.15) is 5.82 Å². The van der Waals surface area contributed by atoms with E-state index in [4.69, 9.17) is 5.73 Å². The molecule has 1 saturated heterocycles. The molecule has 4 nitrogen and oxygen atoms in total. The Morgan fingerprint density at radius 1 is 1.47 bits per heavy atom. The van der Waals surface area contributed by atoms with Gasteiger partial charge >= 0.3 is 0 Å². The number of anilines is 1. The summed E-state index contributed by atoms with van der Waals surface area (Å²) in [6, 6.07) is 4.62. The molecule has 2 rings (SSSR count). The molecule has 2 unspecified atom stereocenters. The Kier molecular flexibility index (Phi) is 3.64. The molecule has 0 amide bonds. The smallest absolute Gasteiger partial charge is 0.133 e. The lowest BCUT2D eigenvalue weighted by molar-refractivity contribution is 0.266. The normalized spacial score (nSPS) is 24.6. The van der Waals surface area contributed by atoms with Crippen molar-refractivity contribution in [2.45, 2.75) is 19.5 Å². The number of likely N-dealkylation sites (N-methyl/N-ethyl adjacent to an activating group) is 1. The van der Waals surface area contributed by atoms with Crippen LogP contribution in [0.3, 0.4) is 0 Å². The lowest BCUT2D eigenvalue weighted by Gasteiger charge is -2.23. The van der Waals surface area contributed by atoms with Crippen LogP contribution in [0.5, 0.6) is 0 Å². The fourth-order valence-corrected chi connectivity index (χ4v) is 2.67. The summed E-state index contributed by atoms with van der Waals surface area (Å²) in [6.07, 6.45) is 1.85. The van der Waals surface area contributed by atoms with E-state index in [0.717, 1.165) is 24.5 Å². The van der Waals surface area contributed by atoms with Crippen molar-refractivity contribution >= 4 is 5.82 Å². The van der Waals surface area contributed by atoms with Crippen molar-refractivity contribution in [3.8, 4) is 0 Å². The molecule has 0 saturated carbocycles. The minimum Gasteiger partial charge on any atom is -0.354 e. The fourth-order valence-electron chi connectivity index (χ4n) is 2.67. The summed E-state index contributed by atoms with van der Waals surface area (Å²) in [6.45, 7) is 4.96. The third-order valence-electron chi connectivity index (χ3n) is 3.62. The molecule has 94 valence electrons. The summed E-state index contributed by atoms with van der Waals surface area (Å²) in [7, 11) is 4.29. The Balaban J connectivity index is 2.19. The first kappa shape index (κ1) is 12.3. The van der Waals surface area contributed by atoms with Crippen molar-refractivity contribution in [1.29, 1.82) is 0 Å². The van der Waals surface area contributed by atoms with Gasteiger partial charge in [-0.2, -0.15) is 0 Å². The van der Waals surface area contributed by atoms with Crippen LogP contribution >= 0.6 is 0 Å². The van der Waals surface area contributed by atoms with Crippen molar-refractivity contribution in [2.75, 3.05) is 32.1 Å². The quantitative estimate of drug-likeness (QED) is 0.845. The van der Waals surface area contributed by atoms with Gasteiger partial charge in [-0.3, -0.25) is 0 Å². The molecule has 2 N–H and O–H groups in total. The molecular weight excluding hydrogens is 212 g/mol. The van der Waals surface area contributed by atoms with Gasteiger partial charge in [-0.05, 0) is 26.1 Å². The van der Waals surface area contributed by atoms with Crippen molar-refractivity contribution in [1.82, 2.24) is 9.88 Å². The molecule has 1 aliphatic rings. The molecular formula is C13H22N4. The average molecular weight is 234 g/mol. The highest BCUT2D eigenvalue weighted by atomic mass is 15.3. The lowest BCUT2D eigenvalue weighted by Crippen LogP contribution is -2.34. The first-order chi connectivity index (χ1) is 8.13. The number of nitrogens with zero attached hydrogens (tertiary/aromatic N) is 3. The summed E-state index contributed by atoms with van der Waals surface area (Å²) in [5.74, 6) is 1.73. The molecule has 4 heteroatoms. The molecule has 0 aromatic carbocycles. The largest absolute Gasteiger partial charge is 0.354 e. The summed E-state index contributed by atoms with van der Waals surface area (Å²) >= 11 is 0. The molecule has 1 aliphatic heterocycles. The molecule has 2 atom stereocenters. The summed E-state index contributed by atoms with van der Waals surface area (Å²) < 4.78 is 0. The molecule has 2 heterocycles. The summed E-state index contributed by atoms with van der Waals surface area (Å²) in [5, 5.41) is 0. The Labute approximate surface area is 103 Å². The Morgan fingerprint density at radius 2 is 2.24 bits per heavy atom. The van der Waals surface area contributed by atoms with E-state index >= 15 is 0 Å². The second-order valence-corrected chi connectivity index (χ2v) is 5.10. The zero-order chi connectivity index (χ0) is 12.4. The van der Waals surface area contributed by atoms with Crippen LogP contribution in [0.25, 0.3) is 0 Å². The van der Waals surface area contributed by atoms with Crippen molar-refractivity contribution < 1.29 is 0 Å². The van der Waals surface area contributed by atoms with Gasteiger partial charge in [-0.25, -0.2) is 4.98 Å². The van der Waals surface area contributed by atoms with Gasteiger partial charge in [0.2, 0.25) is 0 Å². The lowest BCUT2D eigenvalue weighted by atomic mass is 10.1. The molecule has 17 heavy (non-hydrogen) atoms. The van der Waals surface area contributed by atoms with E-state index in [-0.39, 0.29) is 0 Å². The second-order valence-electron chi connectivity index (χ2n) is 5.10. The third kappa shape index (κ3) is 2.42. The predicted molar refractivity (Wildman–Crippen MR) is 71.0 cm³/mol. The molecule has 0 aliphatic carbocycles. The van der Waals surface area contributed by atoms with Gasteiger partial charge in [0.25, 0.3) is 0 Å². The predicted octanol–water partition coefficient (Wildman–Crippen LogP) is 0.927. The molecule has 0 radical (unpaired) electrons. The number of pyridine rings is 1. The minimum absolute atomic E-state index is 0.556. The van der Waals surface area contributed by atoms with Crippen LogP contribution in [-0.2, 0) is 6.54 Å². The summed E-state index contributed by atoms with van der Waals surface area (Å²) in [4.78, 5) is 9.15. The number of aromatic nitrogens is 1. The monoisotopic (exact) mass is 234 g/mol. The third-order valence-corrected chi connectivity index (χ3v) is 3.62. The van der Waals surface area contributed by atoms with Gasteiger partial charge in [-0.1, -0.05) is 13.0 Å². The minimum atomic E-state index is 0.556. The van der Waals surface area contributed by atoms with E-state index in [0.29, 0.717) is 18.5 Å². The Bertz CT molecular complexity index is 377. The van der Waals surface area contributed by atoms with E-state index in [1.54, 1.807) is 0 Å². The van der Waals surface area contributed by atoms with Crippen LogP contribution in [0.2, 0.25) is 0 Å². The number of nitrogens with two attached hydrogens (primary N) is 1. The first-order valence-electron chi connectivity index (χ1n) is 6.18. The Hall–Kier alpha value is -1.13. The molecule has 1 fully saturated rings. The van der Waals surface area contributed by atoms with Gasteiger partial charge in [0.05, 0.1) is 0 Å². The van der Waals surface area contributed by atoms with Crippen LogP contribution in [0.15, 0.2) is 18.3 Å². The molecule has 1 aromatic heterocycles. The van der Waals surface area contributed by atoms with Crippen LogP contribution < -0.4 is 10.6 Å². The molecule has 0 spiro atoms. The standard InChI is InChI=1S/C13H22N4/c1-10-8-17(9-12(10)16(2)3)13-11(7-14)5-4-6-15-13/h4-6,10,12H,7-9,14H2,1-3H3. The van der Waals surface area contributed by atoms with Crippen LogP contribution in [0.1, 0.15) is 12.5 Å². The highest BCUT2D eigenvalue weighted by Crippen LogP contribution is 2.26. The van der Waals surface area contributed by atoms with E-state index < -0.39 is 0 Å². The highest BCUT2D eigenvalue weighted by Gasteiger charge is 2.32. The zero-order valence-corrected chi connectivity index (χ0v) is 10.9. The van der Waals surface area contributed by atoms with Crippen molar-refractivity contribution in [3.63, 3.8) is 0 Å². The average Bonchev–Trinajstić information content (AvgIpc) is 2.71. The Morgan fingerprint density at radius 3 is 2.82 bits per heavy atom. The van der Waals surface area contributed by atoms with E-state index in [2.05, 4.69) is 41.9 Å². The molecule has 0 bridgehead atoms. The van der Waals surface area contributed by atoms with Crippen LogP contribution in [-0.4, -0.2) is 43.1 Å². The SMILES string of the molecule is CC1CN(c2ncccc2CN)CC1N(C)C. The second kappa shape index (κ2) is 5.02. The topological polar surface area (TPSA) is 45.4 Å². The van der Waals surface area contributed by atoms with Gasteiger partial charge in [0.15, 0.2) is 0 Å². The van der Waals surface area contributed by atoms with E-state index in [9.17, 15) is 0 Å². The van der Waals surface area contributed by atoms with E-state index in [1.165, 1.54) is 0 Å². The summed E-state index contributed by atoms with van der Waals surface area (Å²) in [5.41, 5.74) is 6.91. The van der Waals surface area contributed by atoms with Gasteiger partial charge in [0, 0.05) is 37.4 Å². The molecule has 1 aromatic rings. The maximum absolute atomic E-state index is 5.77. The highest BCUT2D eigenvalue weighted by molar-refractivity contribution is 5.48. The van der Waals surface area contributed by atoms with Crippen LogP contribution in [0, 0.1) is 5.92 Å². The van der Waals surface area contributed by atoms with E-state index in [1.807, 2.05) is 12.3 Å². The number of hydrogen-bond acceptors (Lipinski definition) is 4. The van der Waals surface area contributed by atoms with Crippen LogP contribution in [0.4, 0.5) is 5.82 Å². The maximum Gasteiger partial charge on any atom is 0.133 e. The first-order valence-corrected chi connectivity index (χ1v) is 6.18. The van der Waals surface area contributed by atoms with Gasteiger partial charge in [-0.15, -0.1) is 0 Å². The zero-order valence-electron chi connectivity index (χ0n) is 10.9. The van der Waals surface area contributed by atoms with Crippen molar-refractivity contribution in [3.05, 3.63) is 23.9 Å².